The normalized spacial score (nSPS) is 13.3. The van der Waals surface area contributed by atoms with Crippen LogP contribution in [0, 0.1) is 5.41 Å². The standard InChI is InChI=1S/C9H18O2/c1-8(2,3)6-7(10)9(4,5)11/h11H,6H2,1-5H3. The predicted octanol–water partition coefficient (Wildman–Crippen LogP) is 1.76. The van der Waals surface area contributed by atoms with Gasteiger partial charge in [0.1, 0.15) is 5.60 Å². The van der Waals surface area contributed by atoms with Gasteiger partial charge in [-0.15, -0.1) is 0 Å². The van der Waals surface area contributed by atoms with Crippen molar-refractivity contribution in [3.05, 3.63) is 0 Å². The van der Waals surface area contributed by atoms with Gasteiger partial charge in [0.15, 0.2) is 5.78 Å². The summed E-state index contributed by atoms with van der Waals surface area (Å²) in [4.78, 5) is 11.2. The lowest BCUT2D eigenvalue weighted by Gasteiger charge is -2.22. The zero-order valence-corrected chi connectivity index (χ0v) is 8.06. The van der Waals surface area contributed by atoms with Crippen molar-refractivity contribution in [1.29, 1.82) is 0 Å². The van der Waals surface area contributed by atoms with Crippen molar-refractivity contribution in [2.75, 3.05) is 0 Å². The maximum absolute atomic E-state index is 11.2. The Labute approximate surface area is 68.6 Å². The van der Waals surface area contributed by atoms with Crippen LogP contribution in [-0.4, -0.2) is 16.5 Å². The smallest absolute Gasteiger partial charge is 0.164 e. The molecule has 0 heterocycles. The number of Topliss-reactive ketones (excluding diaryl/α,β-unsaturated/α-hetero) is 1. The summed E-state index contributed by atoms with van der Waals surface area (Å²) in [6.45, 7) is 9.01. The van der Waals surface area contributed by atoms with Crippen LogP contribution in [0.15, 0.2) is 0 Å². The van der Waals surface area contributed by atoms with Crippen molar-refractivity contribution < 1.29 is 9.90 Å². The highest BCUT2D eigenvalue weighted by molar-refractivity contribution is 5.86. The Kier molecular flexibility index (Phi) is 2.84. The van der Waals surface area contributed by atoms with Gasteiger partial charge >= 0.3 is 0 Å². The molecule has 1 N–H and O–H groups in total. The molecular weight excluding hydrogens is 140 g/mol. The minimum Gasteiger partial charge on any atom is -0.383 e. The fraction of sp³-hybridized carbons (Fsp3) is 0.889. The van der Waals surface area contributed by atoms with Crippen LogP contribution in [0.3, 0.4) is 0 Å². The van der Waals surface area contributed by atoms with Crippen molar-refractivity contribution in [3.63, 3.8) is 0 Å². The van der Waals surface area contributed by atoms with E-state index in [-0.39, 0.29) is 11.2 Å². The lowest BCUT2D eigenvalue weighted by atomic mass is 9.85. The number of hydrogen-bond acceptors (Lipinski definition) is 2. The molecule has 0 aliphatic carbocycles. The highest BCUT2D eigenvalue weighted by atomic mass is 16.3. The summed E-state index contributed by atoms with van der Waals surface area (Å²) in [5, 5.41) is 9.30. The lowest BCUT2D eigenvalue weighted by Crippen LogP contribution is -2.33. The molecule has 0 radical (unpaired) electrons. The SMILES string of the molecule is CC(C)(C)CC(=O)C(C)(C)O. The van der Waals surface area contributed by atoms with Gasteiger partial charge in [-0.25, -0.2) is 0 Å². The number of carbonyl (C=O) groups is 1. The molecule has 2 nitrogen and oxygen atoms in total. The molecule has 11 heavy (non-hydrogen) atoms. The van der Waals surface area contributed by atoms with Crippen molar-refractivity contribution in [2.45, 2.75) is 46.6 Å². The molecule has 0 aromatic heterocycles. The van der Waals surface area contributed by atoms with E-state index in [0.717, 1.165) is 0 Å². The van der Waals surface area contributed by atoms with Gasteiger partial charge in [-0.3, -0.25) is 4.79 Å². The van der Waals surface area contributed by atoms with E-state index in [0.29, 0.717) is 6.42 Å². The van der Waals surface area contributed by atoms with Crippen LogP contribution < -0.4 is 0 Å². The Morgan fingerprint density at radius 2 is 1.55 bits per heavy atom. The average Bonchev–Trinajstić information content (AvgIpc) is 1.56. The lowest BCUT2D eigenvalue weighted by molar-refractivity contribution is -0.135. The molecule has 66 valence electrons. The van der Waals surface area contributed by atoms with Gasteiger partial charge in [0.05, 0.1) is 0 Å². The zero-order chi connectivity index (χ0) is 9.28. The molecule has 0 unspecified atom stereocenters. The third-order valence-corrected chi connectivity index (χ3v) is 1.37. The number of aliphatic hydroxyl groups is 1. The summed E-state index contributed by atoms with van der Waals surface area (Å²) in [6.07, 6.45) is 0.427. The maximum atomic E-state index is 11.2. The first-order valence-corrected chi connectivity index (χ1v) is 3.88. The Morgan fingerprint density at radius 1 is 1.18 bits per heavy atom. The van der Waals surface area contributed by atoms with E-state index in [1.807, 2.05) is 20.8 Å². The van der Waals surface area contributed by atoms with E-state index in [1.165, 1.54) is 13.8 Å². The quantitative estimate of drug-likeness (QED) is 0.665. The van der Waals surface area contributed by atoms with Gasteiger partial charge in [-0.05, 0) is 19.3 Å². The zero-order valence-electron chi connectivity index (χ0n) is 8.06. The van der Waals surface area contributed by atoms with E-state index in [9.17, 15) is 9.90 Å². The summed E-state index contributed by atoms with van der Waals surface area (Å²) < 4.78 is 0. The highest BCUT2D eigenvalue weighted by Gasteiger charge is 2.27. The molecule has 0 bridgehead atoms. The van der Waals surface area contributed by atoms with Gasteiger partial charge in [-0.2, -0.15) is 0 Å². The third kappa shape index (κ3) is 4.96. The molecule has 0 saturated carbocycles. The monoisotopic (exact) mass is 158 g/mol. The molecule has 0 amide bonds. The van der Waals surface area contributed by atoms with Crippen molar-refractivity contribution >= 4 is 5.78 Å². The fourth-order valence-corrected chi connectivity index (χ4v) is 0.698. The Balaban J connectivity index is 4.11. The molecule has 0 aromatic rings. The summed E-state index contributed by atoms with van der Waals surface area (Å²) in [6, 6.07) is 0. The number of rotatable bonds is 2. The topological polar surface area (TPSA) is 37.3 Å². The van der Waals surface area contributed by atoms with Crippen LogP contribution in [0.2, 0.25) is 0 Å². The molecule has 0 aromatic carbocycles. The largest absolute Gasteiger partial charge is 0.383 e. The minimum atomic E-state index is -1.17. The van der Waals surface area contributed by atoms with Crippen LogP contribution in [-0.2, 0) is 4.79 Å². The van der Waals surface area contributed by atoms with E-state index >= 15 is 0 Å². The number of hydrogen-bond donors (Lipinski definition) is 1. The van der Waals surface area contributed by atoms with Crippen molar-refractivity contribution in [1.82, 2.24) is 0 Å². The molecule has 0 aliphatic heterocycles. The summed E-state index contributed by atoms with van der Waals surface area (Å²) >= 11 is 0. The molecule has 0 saturated heterocycles. The van der Waals surface area contributed by atoms with Gasteiger partial charge in [0.2, 0.25) is 0 Å². The molecular formula is C9H18O2. The first-order chi connectivity index (χ1) is 4.63. The minimum absolute atomic E-state index is 0.0307. The second kappa shape index (κ2) is 2.94. The van der Waals surface area contributed by atoms with Crippen LogP contribution in [0.25, 0.3) is 0 Å². The van der Waals surface area contributed by atoms with Crippen LogP contribution in [0.4, 0.5) is 0 Å². The average molecular weight is 158 g/mol. The summed E-state index contributed by atoms with van der Waals surface area (Å²) in [5.41, 5.74) is -1.20. The maximum Gasteiger partial charge on any atom is 0.164 e. The van der Waals surface area contributed by atoms with E-state index in [4.69, 9.17) is 0 Å². The molecule has 2 heteroatoms. The van der Waals surface area contributed by atoms with Crippen molar-refractivity contribution in [3.8, 4) is 0 Å². The van der Waals surface area contributed by atoms with Crippen LogP contribution in [0.5, 0.6) is 0 Å². The van der Waals surface area contributed by atoms with E-state index < -0.39 is 5.60 Å². The van der Waals surface area contributed by atoms with Gasteiger partial charge in [-0.1, -0.05) is 20.8 Å². The first kappa shape index (κ1) is 10.6. The predicted molar refractivity (Wildman–Crippen MR) is 45.4 cm³/mol. The Hall–Kier alpha value is -0.370. The van der Waals surface area contributed by atoms with Crippen LogP contribution >= 0.6 is 0 Å². The first-order valence-electron chi connectivity index (χ1n) is 3.88. The van der Waals surface area contributed by atoms with E-state index in [2.05, 4.69) is 0 Å². The Morgan fingerprint density at radius 3 is 1.64 bits per heavy atom. The summed E-state index contributed by atoms with van der Waals surface area (Å²) in [7, 11) is 0. The number of carbonyl (C=O) groups excluding carboxylic acids is 1. The Bertz CT molecular complexity index is 146. The highest BCUT2D eigenvalue weighted by Crippen LogP contribution is 2.22. The second-order valence-corrected chi connectivity index (χ2v) is 4.72. The molecule has 0 aliphatic rings. The fourth-order valence-electron chi connectivity index (χ4n) is 0.698. The summed E-state index contributed by atoms with van der Waals surface area (Å²) in [5.74, 6) is -0.0926. The van der Waals surface area contributed by atoms with E-state index in [1.54, 1.807) is 0 Å². The van der Waals surface area contributed by atoms with Gasteiger partial charge < -0.3 is 5.11 Å². The van der Waals surface area contributed by atoms with Crippen LogP contribution in [0.1, 0.15) is 41.0 Å². The molecule has 0 spiro atoms. The number of ketones is 1. The van der Waals surface area contributed by atoms with Gasteiger partial charge in [0.25, 0.3) is 0 Å². The molecule has 0 rings (SSSR count). The third-order valence-electron chi connectivity index (χ3n) is 1.37. The molecule has 0 fully saturated rings. The van der Waals surface area contributed by atoms with Gasteiger partial charge in [0, 0.05) is 6.42 Å². The second-order valence-electron chi connectivity index (χ2n) is 4.72. The van der Waals surface area contributed by atoms with Crippen molar-refractivity contribution in [2.24, 2.45) is 5.41 Å². The molecule has 0 atom stereocenters.